The van der Waals surface area contributed by atoms with Gasteiger partial charge in [-0.1, -0.05) is 0 Å². The van der Waals surface area contributed by atoms with Crippen molar-refractivity contribution in [1.29, 1.82) is 0 Å². The Labute approximate surface area is 134 Å². The number of amides is 1. The van der Waals surface area contributed by atoms with Gasteiger partial charge in [-0.05, 0) is 34.5 Å². The summed E-state index contributed by atoms with van der Waals surface area (Å²) in [7, 11) is 0. The summed E-state index contributed by atoms with van der Waals surface area (Å²) in [5, 5.41) is 0. The van der Waals surface area contributed by atoms with Crippen LogP contribution in [0, 0.1) is 5.82 Å². The van der Waals surface area contributed by atoms with E-state index in [1.54, 1.807) is 0 Å². The zero-order valence-electron chi connectivity index (χ0n) is 11.9. The summed E-state index contributed by atoms with van der Waals surface area (Å²) >= 11 is 3.09. The first-order valence-corrected chi connectivity index (χ1v) is 7.71. The molecular weight excluding hydrogens is 360 g/mol. The fraction of sp³-hybridized carbons (Fsp3) is 0.467. The number of hydrogen-bond donors (Lipinski definition) is 0. The molecule has 0 N–H and O–H groups in total. The van der Waals surface area contributed by atoms with Gasteiger partial charge in [0.2, 0.25) is 0 Å². The minimum Gasteiger partial charge on any atom is -0.464 e. The molecule has 1 aliphatic heterocycles. The molecule has 7 heteroatoms. The lowest BCUT2D eigenvalue weighted by Gasteiger charge is -2.34. The van der Waals surface area contributed by atoms with E-state index >= 15 is 0 Å². The second-order valence-electron chi connectivity index (χ2n) is 5.68. The van der Waals surface area contributed by atoms with Crippen molar-refractivity contribution in [3.63, 3.8) is 0 Å². The molecule has 4 nitrogen and oxygen atoms in total. The molecular formula is C15H14BrF2NO3. The summed E-state index contributed by atoms with van der Waals surface area (Å²) in [6.07, 6.45) is -0.968. The first kappa shape index (κ1) is 15.4. The van der Waals surface area contributed by atoms with Crippen LogP contribution in [0.3, 0.4) is 0 Å². The molecule has 1 saturated carbocycles. The van der Waals surface area contributed by atoms with Crippen molar-refractivity contribution < 1.29 is 23.1 Å². The van der Waals surface area contributed by atoms with Gasteiger partial charge in [0.25, 0.3) is 5.91 Å². The van der Waals surface area contributed by atoms with E-state index in [0.717, 1.165) is 0 Å². The lowest BCUT2D eigenvalue weighted by Crippen LogP contribution is -2.46. The lowest BCUT2D eigenvalue weighted by atomic mass is 9.85. The van der Waals surface area contributed by atoms with Gasteiger partial charge in [-0.15, -0.1) is 0 Å². The molecule has 1 aromatic rings. The molecule has 1 aromatic carbocycles. The number of hydrogen-bond acceptors (Lipinski definition) is 3. The van der Waals surface area contributed by atoms with Gasteiger partial charge in [-0.25, -0.2) is 8.78 Å². The van der Waals surface area contributed by atoms with E-state index in [2.05, 4.69) is 15.9 Å². The number of esters is 1. The Morgan fingerprint density at radius 2 is 2.23 bits per heavy atom. The smallest absolute Gasteiger partial charge is 0.302 e. The van der Waals surface area contributed by atoms with Crippen LogP contribution in [0.5, 0.6) is 0 Å². The second kappa shape index (κ2) is 5.30. The highest BCUT2D eigenvalue weighted by Gasteiger charge is 2.62. The van der Waals surface area contributed by atoms with E-state index in [1.807, 2.05) is 0 Å². The average Bonchev–Trinajstić information content (AvgIpc) is 3.08. The monoisotopic (exact) mass is 373 g/mol. The number of halogens is 3. The number of benzene rings is 1. The van der Waals surface area contributed by atoms with Crippen LogP contribution in [0.2, 0.25) is 0 Å². The summed E-state index contributed by atoms with van der Waals surface area (Å²) in [5.74, 6) is -1.37. The standard InChI is InChI=1S/C15H14BrF2NO3/c1-8(20)22-5-4-19-7-15(6-11(15)17)12-9(14(19)21)2-3-10(16)13(12)18/h2-3,11H,4-7H2,1H3/t11-,15+/m0/s1. The summed E-state index contributed by atoms with van der Waals surface area (Å²) in [5.41, 5.74) is -0.606. The third-order valence-electron chi connectivity index (χ3n) is 4.23. The van der Waals surface area contributed by atoms with Crippen LogP contribution in [0.25, 0.3) is 0 Å². The molecule has 22 heavy (non-hydrogen) atoms. The fourth-order valence-corrected chi connectivity index (χ4v) is 3.37. The topological polar surface area (TPSA) is 46.6 Å². The Bertz CT molecular complexity index is 666. The Hall–Kier alpha value is -1.50. The van der Waals surface area contributed by atoms with Crippen LogP contribution in [-0.4, -0.2) is 42.6 Å². The molecule has 0 saturated heterocycles. The third kappa shape index (κ3) is 2.31. The molecule has 1 aliphatic carbocycles. The molecule has 118 valence electrons. The van der Waals surface area contributed by atoms with Gasteiger partial charge in [0.15, 0.2) is 0 Å². The lowest BCUT2D eigenvalue weighted by molar-refractivity contribution is -0.141. The van der Waals surface area contributed by atoms with E-state index < -0.39 is 23.4 Å². The van der Waals surface area contributed by atoms with Gasteiger partial charge < -0.3 is 9.64 Å². The van der Waals surface area contributed by atoms with Crippen molar-refractivity contribution in [2.75, 3.05) is 19.7 Å². The summed E-state index contributed by atoms with van der Waals surface area (Å²) in [4.78, 5) is 24.7. The molecule has 1 spiro atoms. The van der Waals surface area contributed by atoms with Crippen molar-refractivity contribution >= 4 is 27.8 Å². The molecule has 3 rings (SSSR count). The number of rotatable bonds is 3. The summed E-state index contributed by atoms with van der Waals surface area (Å²) in [6, 6.07) is 2.96. The molecule has 1 amide bonds. The summed E-state index contributed by atoms with van der Waals surface area (Å²) < 4.78 is 33.4. The Morgan fingerprint density at radius 1 is 1.55 bits per heavy atom. The Kier molecular flexibility index (Phi) is 3.71. The van der Waals surface area contributed by atoms with Gasteiger partial charge in [0, 0.05) is 24.6 Å². The van der Waals surface area contributed by atoms with E-state index in [0.29, 0.717) is 0 Å². The predicted molar refractivity (Wildman–Crippen MR) is 77.8 cm³/mol. The minimum atomic E-state index is -1.17. The molecule has 1 heterocycles. The Morgan fingerprint density at radius 3 is 2.82 bits per heavy atom. The van der Waals surface area contributed by atoms with Gasteiger partial charge in [-0.2, -0.15) is 0 Å². The van der Waals surface area contributed by atoms with Gasteiger partial charge in [0.05, 0.1) is 16.4 Å². The molecule has 0 aromatic heterocycles. The van der Waals surface area contributed by atoms with Crippen LogP contribution >= 0.6 is 15.9 Å². The number of fused-ring (bicyclic) bond motifs is 2. The summed E-state index contributed by atoms with van der Waals surface area (Å²) in [6.45, 7) is 1.60. The largest absolute Gasteiger partial charge is 0.464 e. The van der Waals surface area contributed by atoms with Crippen molar-refractivity contribution in [1.82, 2.24) is 4.90 Å². The maximum Gasteiger partial charge on any atom is 0.302 e. The van der Waals surface area contributed by atoms with Crippen LogP contribution in [0.1, 0.15) is 29.3 Å². The zero-order chi connectivity index (χ0) is 16.1. The van der Waals surface area contributed by atoms with Gasteiger partial charge in [0.1, 0.15) is 18.6 Å². The van der Waals surface area contributed by atoms with Crippen molar-refractivity contribution in [3.05, 3.63) is 33.5 Å². The van der Waals surface area contributed by atoms with Crippen LogP contribution in [0.4, 0.5) is 8.78 Å². The molecule has 2 aliphatic rings. The second-order valence-corrected chi connectivity index (χ2v) is 6.53. The molecule has 1 fully saturated rings. The third-order valence-corrected chi connectivity index (χ3v) is 4.85. The molecule has 2 atom stereocenters. The highest BCUT2D eigenvalue weighted by Crippen LogP contribution is 2.55. The van der Waals surface area contributed by atoms with Gasteiger partial charge >= 0.3 is 5.97 Å². The van der Waals surface area contributed by atoms with Crippen LogP contribution < -0.4 is 0 Å². The van der Waals surface area contributed by atoms with E-state index in [-0.39, 0.29) is 47.6 Å². The first-order valence-electron chi connectivity index (χ1n) is 6.92. The molecule has 0 unspecified atom stereocenters. The number of ether oxygens (including phenoxy) is 1. The Balaban J connectivity index is 1.93. The van der Waals surface area contributed by atoms with Crippen molar-refractivity contribution in [3.8, 4) is 0 Å². The average molecular weight is 374 g/mol. The zero-order valence-corrected chi connectivity index (χ0v) is 13.5. The SMILES string of the molecule is CC(=O)OCCN1C[C@@]2(C[C@@H]2F)c2c(ccc(Br)c2F)C1=O. The highest BCUT2D eigenvalue weighted by atomic mass is 79.9. The molecule has 0 bridgehead atoms. The van der Waals surface area contributed by atoms with E-state index in [4.69, 9.17) is 4.74 Å². The maximum atomic E-state index is 14.4. The van der Waals surface area contributed by atoms with E-state index in [1.165, 1.54) is 24.0 Å². The number of nitrogens with zero attached hydrogens (tertiary/aromatic N) is 1. The van der Waals surface area contributed by atoms with Crippen LogP contribution in [-0.2, 0) is 14.9 Å². The van der Waals surface area contributed by atoms with Crippen molar-refractivity contribution in [2.24, 2.45) is 0 Å². The first-order chi connectivity index (χ1) is 10.4. The predicted octanol–water partition coefficient (Wildman–Crippen LogP) is 2.59. The number of carbonyl (C=O) groups excluding carboxylic acids is 2. The maximum absolute atomic E-state index is 14.4. The minimum absolute atomic E-state index is 0.0441. The van der Waals surface area contributed by atoms with Crippen LogP contribution in [0.15, 0.2) is 16.6 Å². The van der Waals surface area contributed by atoms with Gasteiger partial charge in [-0.3, -0.25) is 9.59 Å². The molecule has 0 radical (unpaired) electrons. The number of alkyl halides is 1. The number of carbonyl (C=O) groups is 2. The fourth-order valence-electron chi connectivity index (χ4n) is 3.04. The quantitative estimate of drug-likeness (QED) is 0.765. The van der Waals surface area contributed by atoms with Crippen molar-refractivity contribution in [2.45, 2.75) is 24.9 Å². The highest BCUT2D eigenvalue weighted by molar-refractivity contribution is 9.10. The normalized spacial score (nSPS) is 26.1. The van der Waals surface area contributed by atoms with E-state index in [9.17, 15) is 18.4 Å².